The normalized spacial score (nSPS) is 10.8. The number of thiophene rings is 1. The summed E-state index contributed by atoms with van der Waals surface area (Å²) in [4.78, 5) is 12.5. The van der Waals surface area contributed by atoms with E-state index < -0.39 is 0 Å². The van der Waals surface area contributed by atoms with Crippen molar-refractivity contribution in [2.75, 3.05) is 5.32 Å². The van der Waals surface area contributed by atoms with Crippen LogP contribution < -0.4 is 5.32 Å². The highest BCUT2D eigenvalue weighted by molar-refractivity contribution is 7.18. The highest BCUT2D eigenvalue weighted by Gasteiger charge is 2.12. The van der Waals surface area contributed by atoms with Gasteiger partial charge in [0.15, 0.2) is 0 Å². The fourth-order valence-electron chi connectivity index (χ4n) is 1.44. The Morgan fingerprint density at radius 1 is 1.47 bits per heavy atom. The average molecular weight is 270 g/mol. The molecule has 0 radical (unpaired) electrons. The molecule has 2 heterocycles. The van der Waals surface area contributed by atoms with E-state index in [1.165, 1.54) is 11.3 Å². The Labute approximate surface area is 108 Å². The Morgan fingerprint density at radius 2 is 2.24 bits per heavy atom. The summed E-state index contributed by atoms with van der Waals surface area (Å²) >= 11 is 7.04. The molecule has 4 nitrogen and oxygen atoms in total. The predicted octanol–water partition coefficient (Wildman–Crippen LogP) is 3.43. The summed E-state index contributed by atoms with van der Waals surface area (Å²) in [5, 5.41) is 6.96. The molecule has 0 aliphatic carbocycles. The standard InChI is InChI=1S/C11H12ClN3OS/c1-7(2)15-10(5-6-13-15)14-11(16)8-3-4-9(12)17-8/h3-7H,1-2H3,(H,14,16). The lowest BCUT2D eigenvalue weighted by atomic mass is 10.4. The largest absolute Gasteiger partial charge is 0.306 e. The number of aromatic nitrogens is 2. The van der Waals surface area contributed by atoms with Crippen LogP contribution in [0.4, 0.5) is 5.82 Å². The van der Waals surface area contributed by atoms with Crippen molar-refractivity contribution in [1.29, 1.82) is 0 Å². The summed E-state index contributed by atoms with van der Waals surface area (Å²) in [7, 11) is 0. The summed E-state index contributed by atoms with van der Waals surface area (Å²) < 4.78 is 2.36. The second-order valence-corrected chi connectivity index (χ2v) is 5.53. The number of hydrogen-bond donors (Lipinski definition) is 1. The van der Waals surface area contributed by atoms with Gasteiger partial charge >= 0.3 is 0 Å². The molecule has 90 valence electrons. The van der Waals surface area contributed by atoms with Crippen LogP contribution >= 0.6 is 22.9 Å². The first-order valence-corrected chi connectivity index (χ1v) is 6.37. The third kappa shape index (κ3) is 2.68. The minimum Gasteiger partial charge on any atom is -0.306 e. The van der Waals surface area contributed by atoms with Crippen LogP contribution in [0.2, 0.25) is 4.34 Å². The van der Waals surface area contributed by atoms with Gasteiger partial charge in [0.1, 0.15) is 5.82 Å². The van der Waals surface area contributed by atoms with Crippen LogP contribution in [0.1, 0.15) is 29.6 Å². The van der Waals surface area contributed by atoms with Gasteiger partial charge in [0.2, 0.25) is 0 Å². The molecule has 1 N–H and O–H groups in total. The number of carbonyl (C=O) groups is 1. The lowest BCUT2D eigenvalue weighted by molar-refractivity contribution is 0.102. The SMILES string of the molecule is CC(C)n1nccc1NC(=O)c1ccc(Cl)s1. The van der Waals surface area contributed by atoms with Gasteiger partial charge < -0.3 is 5.32 Å². The van der Waals surface area contributed by atoms with Gasteiger partial charge in [-0.3, -0.25) is 4.79 Å². The summed E-state index contributed by atoms with van der Waals surface area (Å²) in [6, 6.07) is 5.39. The molecule has 0 aromatic carbocycles. The Balaban J connectivity index is 2.16. The topological polar surface area (TPSA) is 46.9 Å². The Kier molecular flexibility index (Phi) is 3.49. The predicted molar refractivity (Wildman–Crippen MR) is 69.9 cm³/mol. The van der Waals surface area contributed by atoms with E-state index in [9.17, 15) is 4.79 Å². The van der Waals surface area contributed by atoms with Crippen LogP contribution in [0.5, 0.6) is 0 Å². The van der Waals surface area contributed by atoms with Crippen molar-refractivity contribution < 1.29 is 4.79 Å². The smallest absolute Gasteiger partial charge is 0.266 e. The molecule has 0 saturated carbocycles. The number of amides is 1. The van der Waals surface area contributed by atoms with Gasteiger partial charge in [0, 0.05) is 12.1 Å². The minimum atomic E-state index is -0.163. The van der Waals surface area contributed by atoms with Gasteiger partial charge in [-0.1, -0.05) is 11.6 Å². The van der Waals surface area contributed by atoms with Gasteiger partial charge in [-0.05, 0) is 26.0 Å². The third-order valence-electron chi connectivity index (χ3n) is 2.20. The molecule has 0 saturated heterocycles. The second-order valence-electron chi connectivity index (χ2n) is 3.81. The van der Waals surface area contributed by atoms with E-state index in [4.69, 9.17) is 11.6 Å². The highest BCUT2D eigenvalue weighted by atomic mass is 35.5. The zero-order valence-corrected chi connectivity index (χ0v) is 11.0. The van der Waals surface area contributed by atoms with Gasteiger partial charge in [-0.2, -0.15) is 5.10 Å². The van der Waals surface area contributed by atoms with Crippen LogP contribution in [0.15, 0.2) is 24.4 Å². The Morgan fingerprint density at radius 3 is 2.82 bits per heavy atom. The Bertz CT molecular complexity index is 532. The van der Waals surface area contributed by atoms with Crippen molar-refractivity contribution in [3.63, 3.8) is 0 Å². The van der Waals surface area contributed by atoms with E-state index in [0.29, 0.717) is 15.0 Å². The average Bonchev–Trinajstić information content (AvgIpc) is 2.86. The lowest BCUT2D eigenvalue weighted by Gasteiger charge is -2.10. The summed E-state index contributed by atoms with van der Waals surface area (Å²) in [5.41, 5.74) is 0. The maximum absolute atomic E-state index is 11.9. The van der Waals surface area contributed by atoms with E-state index >= 15 is 0 Å². The summed E-state index contributed by atoms with van der Waals surface area (Å²) in [5.74, 6) is 0.527. The van der Waals surface area contributed by atoms with Crippen molar-refractivity contribution >= 4 is 34.7 Å². The monoisotopic (exact) mass is 269 g/mol. The quantitative estimate of drug-likeness (QED) is 0.928. The van der Waals surface area contributed by atoms with Crippen LogP contribution in [0.3, 0.4) is 0 Å². The number of carbonyl (C=O) groups excluding carboxylic acids is 1. The molecule has 0 unspecified atom stereocenters. The van der Waals surface area contributed by atoms with Crippen LogP contribution in [-0.2, 0) is 0 Å². The molecule has 2 aromatic rings. The zero-order chi connectivity index (χ0) is 12.4. The van der Waals surface area contributed by atoms with Crippen molar-refractivity contribution in [2.45, 2.75) is 19.9 Å². The molecule has 2 aromatic heterocycles. The zero-order valence-electron chi connectivity index (χ0n) is 9.48. The number of halogens is 1. The third-order valence-corrected chi connectivity index (χ3v) is 3.43. The van der Waals surface area contributed by atoms with Crippen LogP contribution in [-0.4, -0.2) is 15.7 Å². The molecule has 2 rings (SSSR count). The van der Waals surface area contributed by atoms with Crippen molar-refractivity contribution in [2.24, 2.45) is 0 Å². The summed E-state index contributed by atoms with van der Waals surface area (Å²) in [6.07, 6.45) is 1.66. The first-order chi connectivity index (χ1) is 8.08. The molecule has 0 bridgehead atoms. The van der Waals surface area contributed by atoms with Gasteiger partial charge in [0.25, 0.3) is 5.91 Å². The van der Waals surface area contributed by atoms with Crippen LogP contribution in [0, 0.1) is 0 Å². The maximum Gasteiger partial charge on any atom is 0.266 e. The van der Waals surface area contributed by atoms with E-state index in [1.807, 2.05) is 13.8 Å². The first kappa shape index (κ1) is 12.1. The van der Waals surface area contributed by atoms with E-state index in [1.54, 1.807) is 29.1 Å². The molecular weight excluding hydrogens is 258 g/mol. The van der Waals surface area contributed by atoms with E-state index in [-0.39, 0.29) is 11.9 Å². The Hall–Kier alpha value is -1.33. The van der Waals surface area contributed by atoms with Gasteiger partial charge in [0.05, 0.1) is 15.4 Å². The lowest BCUT2D eigenvalue weighted by Crippen LogP contribution is -2.15. The molecular formula is C11H12ClN3OS. The molecule has 0 atom stereocenters. The molecule has 0 spiro atoms. The number of nitrogens with zero attached hydrogens (tertiary/aromatic N) is 2. The van der Waals surface area contributed by atoms with Crippen molar-refractivity contribution in [3.8, 4) is 0 Å². The van der Waals surface area contributed by atoms with Crippen LogP contribution in [0.25, 0.3) is 0 Å². The summed E-state index contributed by atoms with van der Waals surface area (Å²) in [6.45, 7) is 4.01. The maximum atomic E-state index is 11.9. The van der Waals surface area contributed by atoms with Crippen molar-refractivity contribution in [3.05, 3.63) is 33.6 Å². The number of nitrogens with one attached hydrogen (secondary N) is 1. The fourth-order valence-corrected chi connectivity index (χ4v) is 2.38. The van der Waals surface area contributed by atoms with Gasteiger partial charge in [-0.15, -0.1) is 11.3 Å². The number of rotatable bonds is 3. The van der Waals surface area contributed by atoms with E-state index in [2.05, 4.69) is 10.4 Å². The highest BCUT2D eigenvalue weighted by Crippen LogP contribution is 2.22. The molecule has 0 aliphatic rings. The molecule has 0 aliphatic heterocycles. The molecule has 6 heteroatoms. The molecule has 1 amide bonds. The fraction of sp³-hybridized carbons (Fsp3) is 0.273. The second kappa shape index (κ2) is 4.89. The molecule has 0 fully saturated rings. The molecule has 17 heavy (non-hydrogen) atoms. The number of anilines is 1. The number of hydrogen-bond acceptors (Lipinski definition) is 3. The minimum absolute atomic E-state index is 0.163. The van der Waals surface area contributed by atoms with Gasteiger partial charge in [-0.25, -0.2) is 4.68 Å². The van der Waals surface area contributed by atoms with Crippen molar-refractivity contribution in [1.82, 2.24) is 9.78 Å². The first-order valence-electron chi connectivity index (χ1n) is 5.18. The van der Waals surface area contributed by atoms with E-state index in [0.717, 1.165) is 0 Å².